The van der Waals surface area contributed by atoms with E-state index in [0.29, 0.717) is 0 Å². The van der Waals surface area contributed by atoms with E-state index in [1.54, 1.807) is 0 Å². The van der Waals surface area contributed by atoms with Crippen LogP contribution in [-0.4, -0.2) is 11.2 Å². The molecule has 1 aliphatic carbocycles. The first-order valence-electron chi connectivity index (χ1n) is 4.14. The predicted molar refractivity (Wildman–Crippen MR) is 41.2 cm³/mol. The lowest BCUT2D eigenvalue weighted by Gasteiger charge is -2.18. The first kappa shape index (κ1) is 9.43. The molecule has 1 aromatic rings. The highest BCUT2D eigenvalue weighted by molar-refractivity contribution is 5.31. The summed E-state index contributed by atoms with van der Waals surface area (Å²) in [6.07, 6.45) is -3.14. The van der Waals surface area contributed by atoms with Crippen LogP contribution in [0.2, 0.25) is 0 Å². The SMILES string of the molecule is Fc1ccc(C2(C(F)(F)F)CC2)cn1. The molecule has 1 saturated carbocycles. The van der Waals surface area contributed by atoms with Crippen LogP contribution < -0.4 is 0 Å². The van der Waals surface area contributed by atoms with Crippen molar-refractivity contribution in [2.45, 2.75) is 24.4 Å². The molecule has 0 unspecified atom stereocenters. The van der Waals surface area contributed by atoms with Crippen molar-refractivity contribution in [1.29, 1.82) is 0 Å². The van der Waals surface area contributed by atoms with Gasteiger partial charge in [-0.05, 0) is 24.5 Å². The molecule has 14 heavy (non-hydrogen) atoms. The van der Waals surface area contributed by atoms with Crippen LogP contribution in [0.4, 0.5) is 17.6 Å². The quantitative estimate of drug-likeness (QED) is 0.507. The maximum absolute atomic E-state index is 12.6. The van der Waals surface area contributed by atoms with E-state index in [-0.39, 0.29) is 18.4 Å². The second kappa shape index (κ2) is 2.68. The fourth-order valence-electron chi connectivity index (χ4n) is 1.52. The molecule has 0 spiro atoms. The Balaban J connectivity index is 2.36. The molecule has 0 amide bonds. The van der Waals surface area contributed by atoms with Crippen molar-refractivity contribution in [1.82, 2.24) is 4.98 Å². The minimum absolute atomic E-state index is 0.0615. The van der Waals surface area contributed by atoms with Gasteiger partial charge in [0.05, 0.1) is 5.41 Å². The van der Waals surface area contributed by atoms with Gasteiger partial charge >= 0.3 is 6.18 Å². The van der Waals surface area contributed by atoms with Gasteiger partial charge in [-0.15, -0.1) is 0 Å². The van der Waals surface area contributed by atoms with Gasteiger partial charge in [-0.3, -0.25) is 0 Å². The molecule has 0 aromatic carbocycles. The van der Waals surface area contributed by atoms with Crippen molar-refractivity contribution in [3.63, 3.8) is 0 Å². The van der Waals surface area contributed by atoms with E-state index in [4.69, 9.17) is 0 Å². The first-order valence-corrected chi connectivity index (χ1v) is 4.14. The third kappa shape index (κ3) is 1.27. The summed E-state index contributed by atoms with van der Waals surface area (Å²) in [4.78, 5) is 3.23. The maximum Gasteiger partial charge on any atom is 0.398 e. The highest BCUT2D eigenvalue weighted by Crippen LogP contribution is 2.58. The molecule has 0 bridgehead atoms. The Morgan fingerprint density at radius 1 is 1.21 bits per heavy atom. The van der Waals surface area contributed by atoms with Crippen LogP contribution in [0.25, 0.3) is 0 Å². The Hall–Kier alpha value is -1.13. The highest BCUT2D eigenvalue weighted by Gasteiger charge is 2.64. The van der Waals surface area contributed by atoms with Gasteiger partial charge in [0.1, 0.15) is 0 Å². The average molecular weight is 205 g/mol. The van der Waals surface area contributed by atoms with E-state index in [1.165, 1.54) is 0 Å². The van der Waals surface area contributed by atoms with Gasteiger partial charge in [-0.2, -0.15) is 17.6 Å². The number of rotatable bonds is 1. The number of hydrogen-bond donors (Lipinski definition) is 0. The molecule has 0 aliphatic heterocycles. The molecule has 76 valence electrons. The van der Waals surface area contributed by atoms with Crippen LogP contribution in [0.5, 0.6) is 0 Å². The van der Waals surface area contributed by atoms with E-state index in [2.05, 4.69) is 4.98 Å². The zero-order valence-electron chi connectivity index (χ0n) is 7.11. The van der Waals surface area contributed by atoms with Crippen LogP contribution in [-0.2, 0) is 5.41 Å². The van der Waals surface area contributed by atoms with Gasteiger partial charge in [0.15, 0.2) is 0 Å². The summed E-state index contributed by atoms with van der Waals surface area (Å²) < 4.78 is 50.1. The molecule has 1 heterocycles. The molecule has 1 fully saturated rings. The molecule has 0 saturated heterocycles. The van der Waals surface area contributed by atoms with E-state index in [0.717, 1.165) is 18.3 Å². The van der Waals surface area contributed by atoms with Gasteiger partial charge in [0.25, 0.3) is 0 Å². The molecule has 5 heteroatoms. The first-order chi connectivity index (χ1) is 6.46. The molecule has 1 aromatic heterocycles. The smallest absolute Gasteiger partial charge is 0.228 e. The topological polar surface area (TPSA) is 12.9 Å². The molecule has 2 rings (SSSR count). The minimum atomic E-state index is -4.26. The summed E-state index contributed by atoms with van der Waals surface area (Å²) in [5, 5.41) is 0. The summed E-state index contributed by atoms with van der Waals surface area (Å²) in [6, 6.07) is 2.12. The fourth-order valence-corrected chi connectivity index (χ4v) is 1.52. The molecule has 1 aliphatic rings. The van der Waals surface area contributed by atoms with Crippen LogP contribution in [0.3, 0.4) is 0 Å². The van der Waals surface area contributed by atoms with Crippen molar-refractivity contribution >= 4 is 0 Å². The van der Waals surface area contributed by atoms with Crippen LogP contribution in [0.1, 0.15) is 18.4 Å². The standard InChI is InChI=1S/C9H7F4N/c10-7-2-1-6(5-14-7)8(3-4-8)9(11,12)13/h1-2,5H,3-4H2. The minimum Gasteiger partial charge on any atom is -0.228 e. The number of alkyl halides is 3. The Bertz CT molecular complexity index is 337. The molecular weight excluding hydrogens is 198 g/mol. The number of halogens is 4. The molecular formula is C9H7F4N. The normalized spacial score (nSPS) is 19.4. The van der Waals surface area contributed by atoms with Gasteiger partial charge in [0.2, 0.25) is 5.95 Å². The lowest BCUT2D eigenvalue weighted by molar-refractivity contribution is -0.160. The van der Waals surface area contributed by atoms with Gasteiger partial charge in [0, 0.05) is 6.20 Å². The summed E-state index contributed by atoms with van der Waals surface area (Å²) in [6.45, 7) is 0. The van der Waals surface area contributed by atoms with Gasteiger partial charge < -0.3 is 0 Å². The molecule has 0 radical (unpaired) electrons. The van der Waals surface area contributed by atoms with Crippen molar-refractivity contribution in [3.8, 4) is 0 Å². The molecule has 1 nitrogen and oxygen atoms in total. The monoisotopic (exact) mass is 205 g/mol. The lowest BCUT2D eigenvalue weighted by atomic mass is 9.97. The Labute approximate surface area is 77.8 Å². The van der Waals surface area contributed by atoms with Crippen molar-refractivity contribution < 1.29 is 17.6 Å². The van der Waals surface area contributed by atoms with Crippen molar-refractivity contribution in [3.05, 3.63) is 29.8 Å². The van der Waals surface area contributed by atoms with E-state index >= 15 is 0 Å². The zero-order chi connectivity index (χ0) is 10.4. The van der Waals surface area contributed by atoms with E-state index in [9.17, 15) is 17.6 Å². The third-order valence-corrected chi connectivity index (χ3v) is 2.57. The average Bonchev–Trinajstić information content (AvgIpc) is 2.84. The van der Waals surface area contributed by atoms with E-state index in [1.807, 2.05) is 0 Å². The third-order valence-electron chi connectivity index (χ3n) is 2.57. The Kier molecular flexibility index (Phi) is 1.81. The fraction of sp³-hybridized carbons (Fsp3) is 0.444. The largest absolute Gasteiger partial charge is 0.398 e. The predicted octanol–water partition coefficient (Wildman–Crippen LogP) is 2.81. The van der Waals surface area contributed by atoms with Crippen molar-refractivity contribution in [2.75, 3.05) is 0 Å². The summed E-state index contributed by atoms with van der Waals surface area (Å²) in [7, 11) is 0. The summed E-state index contributed by atoms with van der Waals surface area (Å²) >= 11 is 0. The van der Waals surface area contributed by atoms with E-state index < -0.39 is 17.5 Å². The number of pyridine rings is 1. The maximum atomic E-state index is 12.6. The van der Waals surface area contributed by atoms with Crippen LogP contribution in [0.15, 0.2) is 18.3 Å². The second-order valence-corrected chi connectivity index (χ2v) is 3.45. The molecule has 0 N–H and O–H groups in total. The zero-order valence-corrected chi connectivity index (χ0v) is 7.11. The Morgan fingerprint density at radius 3 is 2.21 bits per heavy atom. The van der Waals surface area contributed by atoms with Crippen LogP contribution in [0, 0.1) is 5.95 Å². The number of nitrogens with zero attached hydrogens (tertiary/aromatic N) is 1. The number of aromatic nitrogens is 1. The van der Waals surface area contributed by atoms with Gasteiger partial charge in [-0.1, -0.05) is 6.07 Å². The Morgan fingerprint density at radius 2 is 1.86 bits per heavy atom. The van der Waals surface area contributed by atoms with Crippen LogP contribution >= 0.6 is 0 Å². The highest BCUT2D eigenvalue weighted by atomic mass is 19.4. The van der Waals surface area contributed by atoms with Crippen molar-refractivity contribution in [2.24, 2.45) is 0 Å². The van der Waals surface area contributed by atoms with Gasteiger partial charge in [-0.25, -0.2) is 4.98 Å². The number of hydrogen-bond acceptors (Lipinski definition) is 1. The lowest BCUT2D eigenvalue weighted by Crippen LogP contribution is -2.28. The second-order valence-electron chi connectivity index (χ2n) is 3.45. The summed E-state index contributed by atoms with van der Waals surface area (Å²) in [5.74, 6) is -0.758. The summed E-state index contributed by atoms with van der Waals surface area (Å²) in [5.41, 5.74) is -1.69. The molecule has 0 atom stereocenters.